The van der Waals surface area contributed by atoms with E-state index in [2.05, 4.69) is 29.6 Å². The summed E-state index contributed by atoms with van der Waals surface area (Å²) >= 11 is 0. The lowest BCUT2D eigenvalue weighted by molar-refractivity contribution is -0.116. The molecular formula is C23H21NO3. The first-order chi connectivity index (χ1) is 13.3. The van der Waals surface area contributed by atoms with Gasteiger partial charge in [0.05, 0.1) is 0 Å². The van der Waals surface area contributed by atoms with E-state index in [-0.39, 0.29) is 5.91 Å². The molecule has 0 unspecified atom stereocenters. The van der Waals surface area contributed by atoms with Crippen LogP contribution in [-0.2, 0) is 24.1 Å². The fourth-order valence-electron chi connectivity index (χ4n) is 4.07. The van der Waals surface area contributed by atoms with Crippen LogP contribution in [0.5, 0.6) is 11.5 Å². The monoisotopic (exact) mass is 359 g/mol. The van der Waals surface area contributed by atoms with Crippen molar-refractivity contribution in [3.63, 3.8) is 0 Å². The van der Waals surface area contributed by atoms with Gasteiger partial charge in [-0.25, -0.2) is 0 Å². The zero-order chi connectivity index (χ0) is 18.2. The summed E-state index contributed by atoms with van der Waals surface area (Å²) in [4.78, 5) is 12.5. The molecule has 1 heterocycles. The number of carbonyl (C=O) groups is 1. The Morgan fingerprint density at radius 3 is 2.63 bits per heavy atom. The molecule has 0 fully saturated rings. The highest BCUT2D eigenvalue weighted by Gasteiger charge is 2.17. The van der Waals surface area contributed by atoms with Gasteiger partial charge in [-0.15, -0.1) is 0 Å². The van der Waals surface area contributed by atoms with Gasteiger partial charge in [-0.1, -0.05) is 30.3 Å². The van der Waals surface area contributed by atoms with Crippen molar-refractivity contribution in [2.45, 2.75) is 25.7 Å². The molecule has 0 spiro atoms. The molecule has 136 valence electrons. The first-order valence-corrected chi connectivity index (χ1v) is 9.50. The maximum Gasteiger partial charge on any atom is 0.224 e. The number of fused-ring (bicyclic) bond motifs is 1. The predicted octanol–water partition coefficient (Wildman–Crippen LogP) is 4.28. The SMILES string of the molecule is O=C(CCc1ccc2c(c1)OCCO2)Nc1ccc2c3c(cccc13)CC2. The van der Waals surface area contributed by atoms with E-state index in [0.29, 0.717) is 26.1 Å². The normalized spacial score (nSPS) is 14.4. The highest BCUT2D eigenvalue weighted by Crippen LogP contribution is 2.35. The van der Waals surface area contributed by atoms with Crippen LogP contribution >= 0.6 is 0 Å². The van der Waals surface area contributed by atoms with E-state index in [9.17, 15) is 4.79 Å². The average Bonchev–Trinajstić information content (AvgIpc) is 3.13. The van der Waals surface area contributed by atoms with Crippen LogP contribution in [0.4, 0.5) is 5.69 Å². The molecule has 0 saturated carbocycles. The van der Waals surface area contributed by atoms with E-state index in [1.165, 1.54) is 16.5 Å². The number of benzene rings is 3. The fraction of sp³-hybridized carbons (Fsp3) is 0.261. The van der Waals surface area contributed by atoms with E-state index in [1.807, 2.05) is 24.3 Å². The molecule has 1 aliphatic carbocycles. The Kier molecular flexibility index (Phi) is 3.97. The second-order valence-electron chi connectivity index (χ2n) is 7.14. The molecule has 5 rings (SSSR count). The molecule has 0 saturated heterocycles. The van der Waals surface area contributed by atoms with Crippen molar-refractivity contribution < 1.29 is 14.3 Å². The van der Waals surface area contributed by atoms with E-state index >= 15 is 0 Å². The first-order valence-electron chi connectivity index (χ1n) is 9.50. The summed E-state index contributed by atoms with van der Waals surface area (Å²) in [5.41, 5.74) is 4.75. The quantitative estimate of drug-likeness (QED) is 0.756. The topological polar surface area (TPSA) is 47.6 Å². The number of anilines is 1. The van der Waals surface area contributed by atoms with Crippen molar-refractivity contribution >= 4 is 22.4 Å². The fourth-order valence-corrected chi connectivity index (χ4v) is 4.07. The lowest BCUT2D eigenvalue weighted by Gasteiger charge is -2.18. The van der Waals surface area contributed by atoms with Gasteiger partial charge in [0.2, 0.25) is 5.91 Å². The summed E-state index contributed by atoms with van der Waals surface area (Å²) in [6.45, 7) is 1.16. The zero-order valence-corrected chi connectivity index (χ0v) is 15.1. The van der Waals surface area contributed by atoms with Crippen molar-refractivity contribution in [1.82, 2.24) is 0 Å². The van der Waals surface area contributed by atoms with Crippen LogP contribution in [0.1, 0.15) is 23.1 Å². The highest BCUT2D eigenvalue weighted by atomic mass is 16.6. The molecule has 27 heavy (non-hydrogen) atoms. The van der Waals surface area contributed by atoms with Crippen LogP contribution in [0.3, 0.4) is 0 Å². The summed E-state index contributed by atoms with van der Waals surface area (Å²) in [7, 11) is 0. The number of ether oxygens (including phenoxy) is 2. The number of nitrogens with one attached hydrogen (secondary N) is 1. The largest absolute Gasteiger partial charge is 0.486 e. The molecule has 1 N–H and O–H groups in total. The Labute approximate surface area is 158 Å². The van der Waals surface area contributed by atoms with Crippen LogP contribution in [0.15, 0.2) is 48.5 Å². The Hall–Kier alpha value is -3.01. The molecule has 3 aromatic carbocycles. The van der Waals surface area contributed by atoms with Crippen molar-refractivity contribution in [2.75, 3.05) is 18.5 Å². The van der Waals surface area contributed by atoms with Gasteiger partial charge in [0.1, 0.15) is 13.2 Å². The summed E-state index contributed by atoms with van der Waals surface area (Å²) < 4.78 is 11.2. The second-order valence-corrected chi connectivity index (χ2v) is 7.14. The van der Waals surface area contributed by atoms with Gasteiger partial charge in [0, 0.05) is 17.5 Å². The Balaban J connectivity index is 1.30. The van der Waals surface area contributed by atoms with Crippen LogP contribution < -0.4 is 14.8 Å². The third kappa shape index (κ3) is 3.01. The molecule has 1 aliphatic heterocycles. The molecule has 0 atom stereocenters. The summed E-state index contributed by atoms with van der Waals surface area (Å²) in [5.74, 6) is 1.58. The van der Waals surface area contributed by atoms with Crippen LogP contribution in [0, 0.1) is 0 Å². The van der Waals surface area contributed by atoms with Gasteiger partial charge in [-0.3, -0.25) is 4.79 Å². The standard InChI is InChI=1S/C23H21NO3/c25-22(11-5-15-4-10-20-21(14-15)27-13-12-26-20)24-19-9-8-17-7-6-16-2-1-3-18(19)23(16)17/h1-4,8-10,14H,5-7,11-13H2,(H,24,25). The molecule has 0 bridgehead atoms. The van der Waals surface area contributed by atoms with Crippen molar-refractivity contribution in [3.05, 3.63) is 65.2 Å². The first kappa shape index (κ1) is 16.2. The minimum Gasteiger partial charge on any atom is -0.486 e. The number of hydrogen-bond donors (Lipinski definition) is 1. The lowest BCUT2D eigenvalue weighted by atomic mass is 10.0. The third-order valence-corrected chi connectivity index (χ3v) is 5.40. The van der Waals surface area contributed by atoms with Gasteiger partial charge in [0.15, 0.2) is 11.5 Å². The number of hydrogen-bond acceptors (Lipinski definition) is 3. The number of aryl methyl sites for hydroxylation is 3. The molecule has 4 heteroatoms. The summed E-state index contributed by atoms with van der Waals surface area (Å²) in [6, 6.07) is 16.4. The Bertz CT molecular complexity index is 1030. The summed E-state index contributed by atoms with van der Waals surface area (Å²) in [5, 5.41) is 5.57. The Morgan fingerprint density at radius 2 is 1.74 bits per heavy atom. The molecule has 0 radical (unpaired) electrons. The van der Waals surface area contributed by atoms with Crippen LogP contribution in [0.25, 0.3) is 10.8 Å². The van der Waals surface area contributed by atoms with Gasteiger partial charge < -0.3 is 14.8 Å². The van der Waals surface area contributed by atoms with Gasteiger partial charge in [0.25, 0.3) is 0 Å². The molecule has 1 amide bonds. The Morgan fingerprint density at radius 1 is 0.926 bits per heavy atom. The molecule has 2 aliphatic rings. The van der Waals surface area contributed by atoms with E-state index in [1.54, 1.807) is 0 Å². The smallest absolute Gasteiger partial charge is 0.224 e. The van der Waals surface area contributed by atoms with Crippen LogP contribution in [-0.4, -0.2) is 19.1 Å². The predicted molar refractivity (Wildman–Crippen MR) is 106 cm³/mol. The average molecular weight is 359 g/mol. The maximum absolute atomic E-state index is 12.5. The highest BCUT2D eigenvalue weighted by molar-refractivity contribution is 6.05. The van der Waals surface area contributed by atoms with Crippen LogP contribution in [0.2, 0.25) is 0 Å². The lowest BCUT2D eigenvalue weighted by Crippen LogP contribution is -2.16. The van der Waals surface area contributed by atoms with Crippen molar-refractivity contribution in [1.29, 1.82) is 0 Å². The van der Waals surface area contributed by atoms with Gasteiger partial charge >= 0.3 is 0 Å². The minimum absolute atomic E-state index is 0.0311. The van der Waals surface area contributed by atoms with E-state index < -0.39 is 0 Å². The third-order valence-electron chi connectivity index (χ3n) is 5.40. The molecule has 3 aromatic rings. The number of rotatable bonds is 4. The van der Waals surface area contributed by atoms with E-state index in [0.717, 1.165) is 41.0 Å². The number of carbonyl (C=O) groups excluding carboxylic acids is 1. The van der Waals surface area contributed by atoms with Crippen molar-refractivity contribution in [2.24, 2.45) is 0 Å². The molecular weight excluding hydrogens is 338 g/mol. The van der Waals surface area contributed by atoms with Gasteiger partial charge in [-0.05, 0) is 59.5 Å². The van der Waals surface area contributed by atoms with Gasteiger partial charge in [-0.2, -0.15) is 0 Å². The van der Waals surface area contributed by atoms with Crippen molar-refractivity contribution in [3.8, 4) is 11.5 Å². The summed E-state index contributed by atoms with van der Waals surface area (Å²) in [6.07, 6.45) is 3.29. The maximum atomic E-state index is 12.5. The minimum atomic E-state index is 0.0311. The number of amides is 1. The molecule has 4 nitrogen and oxygen atoms in total. The zero-order valence-electron chi connectivity index (χ0n) is 15.1. The second kappa shape index (κ2) is 6.62. The van der Waals surface area contributed by atoms with E-state index in [4.69, 9.17) is 9.47 Å². The molecule has 0 aromatic heterocycles.